The fourth-order valence-corrected chi connectivity index (χ4v) is 3.94. The van der Waals surface area contributed by atoms with E-state index in [9.17, 15) is 8.42 Å². The molecule has 0 aliphatic heterocycles. The number of nitrogens with one attached hydrogen (secondary N) is 1. The van der Waals surface area contributed by atoms with Crippen molar-refractivity contribution < 1.29 is 8.42 Å². The van der Waals surface area contributed by atoms with Crippen LogP contribution in [0.25, 0.3) is 0 Å². The van der Waals surface area contributed by atoms with Gasteiger partial charge in [0.05, 0.1) is 4.90 Å². The fourth-order valence-electron chi connectivity index (χ4n) is 1.61. The molecule has 0 amide bonds. The summed E-state index contributed by atoms with van der Waals surface area (Å²) in [5, 5.41) is 2.20. The standard InChI is InChI=1S/C12H13ClN2O2S2/c1-8-11(14)5-9(13)6-12(8)19(16,17)15-7-10-3-2-4-18-10/h2-6,15H,7,14H2,1H3. The smallest absolute Gasteiger partial charge is 0.241 e. The number of nitrogens with two attached hydrogens (primary N) is 1. The van der Waals surface area contributed by atoms with Gasteiger partial charge in [0.1, 0.15) is 0 Å². The van der Waals surface area contributed by atoms with E-state index in [0.29, 0.717) is 16.3 Å². The SMILES string of the molecule is Cc1c(N)cc(Cl)cc1S(=O)(=O)NCc1cccs1. The second-order valence-electron chi connectivity index (χ2n) is 4.02. The summed E-state index contributed by atoms with van der Waals surface area (Å²) in [7, 11) is -3.62. The Morgan fingerprint density at radius 2 is 2.16 bits per heavy atom. The Hall–Kier alpha value is -1.08. The monoisotopic (exact) mass is 316 g/mol. The summed E-state index contributed by atoms with van der Waals surface area (Å²) in [6, 6.07) is 6.68. The summed E-state index contributed by atoms with van der Waals surface area (Å²) >= 11 is 7.35. The van der Waals surface area contributed by atoms with Gasteiger partial charge in [-0.1, -0.05) is 17.7 Å². The van der Waals surface area contributed by atoms with Crippen molar-refractivity contribution in [2.24, 2.45) is 0 Å². The van der Waals surface area contributed by atoms with Crippen LogP contribution in [0.3, 0.4) is 0 Å². The van der Waals surface area contributed by atoms with Gasteiger partial charge in [-0.15, -0.1) is 11.3 Å². The molecule has 3 N–H and O–H groups in total. The number of sulfonamides is 1. The number of rotatable bonds is 4. The highest BCUT2D eigenvalue weighted by molar-refractivity contribution is 7.89. The maximum atomic E-state index is 12.2. The van der Waals surface area contributed by atoms with E-state index in [4.69, 9.17) is 17.3 Å². The first-order chi connectivity index (χ1) is 8.90. The van der Waals surface area contributed by atoms with E-state index in [-0.39, 0.29) is 11.4 Å². The van der Waals surface area contributed by atoms with Crippen molar-refractivity contribution in [2.45, 2.75) is 18.4 Å². The highest BCUT2D eigenvalue weighted by atomic mass is 35.5. The maximum Gasteiger partial charge on any atom is 0.241 e. The first-order valence-electron chi connectivity index (χ1n) is 5.48. The number of thiophene rings is 1. The van der Waals surface area contributed by atoms with Crippen LogP contribution < -0.4 is 10.5 Å². The molecule has 0 aliphatic carbocycles. The largest absolute Gasteiger partial charge is 0.398 e. The molecule has 0 aliphatic rings. The zero-order valence-electron chi connectivity index (χ0n) is 10.2. The van der Waals surface area contributed by atoms with Gasteiger partial charge in [0, 0.05) is 22.1 Å². The number of hydrogen-bond acceptors (Lipinski definition) is 4. The van der Waals surface area contributed by atoms with Crippen LogP contribution in [0.15, 0.2) is 34.5 Å². The third-order valence-corrected chi connectivity index (χ3v) is 5.29. The van der Waals surface area contributed by atoms with Gasteiger partial charge in [-0.3, -0.25) is 0 Å². The molecule has 0 spiro atoms. The first-order valence-corrected chi connectivity index (χ1v) is 8.22. The molecule has 7 heteroatoms. The molecule has 1 aromatic carbocycles. The lowest BCUT2D eigenvalue weighted by molar-refractivity contribution is 0.581. The van der Waals surface area contributed by atoms with Crippen LogP contribution in [0.1, 0.15) is 10.4 Å². The quantitative estimate of drug-likeness (QED) is 0.852. The van der Waals surface area contributed by atoms with Crippen molar-refractivity contribution in [1.29, 1.82) is 0 Å². The maximum absolute atomic E-state index is 12.2. The van der Waals surface area contributed by atoms with Gasteiger partial charge in [-0.25, -0.2) is 13.1 Å². The highest BCUT2D eigenvalue weighted by Gasteiger charge is 2.19. The Balaban J connectivity index is 2.29. The topological polar surface area (TPSA) is 72.2 Å². The van der Waals surface area contributed by atoms with Crippen LogP contribution in [-0.4, -0.2) is 8.42 Å². The number of hydrogen-bond donors (Lipinski definition) is 2. The van der Waals surface area contributed by atoms with Crippen LogP contribution in [0.4, 0.5) is 5.69 Å². The summed E-state index contributed by atoms with van der Waals surface area (Å²) in [4.78, 5) is 1.06. The van der Waals surface area contributed by atoms with Gasteiger partial charge in [0.2, 0.25) is 10.0 Å². The molecular formula is C12H13ClN2O2S2. The normalized spacial score (nSPS) is 11.7. The average molecular weight is 317 g/mol. The van der Waals surface area contributed by atoms with Crippen LogP contribution in [0.5, 0.6) is 0 Å². The third kappa shape index (κ3) is 3.27. The van der Waals surface area contributed by atoms with E-state index in [1.807, 2.05) is 17.5 Å². The van der Waals surface area contributed by atoms with Crippen molar-refractivity contribution >= 4 is 38.6 Å². The van der Waals surface area contributed by atoms with Crippen LogP contribution >= 0.6 is 22.9 Å². The van der Waals surface area contributed by atoms with Crippen molar-refractivity contribution in [3.63, 3.8) is 0 Å². The van der Waals surface area contributed by atoms with E-state index >= 15 is 0 Å². The van der Waals surface area contributed by atoms with Crippen molar-refractivity contribution in [3.05, 3.63) is 45.1 Å². The molecule has 0 saturated carbocycles. The zero-order valence-corrected chi connectivity index (χ0v) is 12.6. The summed E-state index contributed by atoms with van der Waals surface area (Å²) in [6.07, 6.45) is 0. The minimum Gasteiger partial charge on any atom is -0.398 e. The van der Waals surface area contributed by atoms with Gasteiger partial charge in [0.15, 0.2) is 0 Å². The van der Waals surface area contributed by atoms with Crippen molar-refractivity contribution in [3.8, 4) is 0 Å². The number of anilines is 1. The number of halogens is 1. The third-order valence-electron chi connectivity index (χ3n) is 2.67. The minimum atomic E-state index is -3.62. The molecule has 102 valence electrons. The summed E-state index contributed by atoms with van der Waals surface area (Å²) in [5.74, 6) is 0. The summed E-state index contributed by atoms with van der Waals surface area (Å²) < 4.78 is 27.0. The lowest BCUT2D eigenvalue weighted by atomic mass is 10.2. The van der Waals surface area contributed by atoms with Gasteiger partial charge in [0.25, 0.3) is 0 Å². The van der Waals surface area contributed by atoms with E-state index in [1.165, 1.54) is 23.5 Å². The molecule has 0 unspecified atom stereocenters. The van der Waals surface area contributed by atoms with Crippen LogP contribution in [0, 0.1) is 6.92 Å². The Bertz CT molecular complexity index is 682. The van der Waals surface area contributed by atoms with Crippen LogP contribution in [0.2, 0.25) is 5.02 Å². The first kappa shape index (κ1) is 14.3. The number of nitrogen functional groups attached to an aromatic ring is 1. The van der Waals surface area contributed by atoms with E-state index in [0.717, 1.165) is 4.88 Å². The second-order valence-corrected chi connectivity index (χ2v) is 7.23. The Labute approximate surface area is 121 Å². The van der Waals surface area contributed by atoms with Crippen molar-refractivity contribution in [1.82, 2.24) is 4.72 Å². The van der Waals surface area contributed by atoms with E-state index < -0.39 is 10.0 Å². The summed E-state index contributed by atoms with van der Waals surface area (Å²) in [5.41, 5.74) is 6.60. The molecule has 0 fully saturated rings. The molecule has 0 bridgehead atoms. The van der Waals surface area contributed by atoms with Gasteiger partial charge >= 0.3 is 0 Å². The molecule has 4 nitrogen and oxygen atoms in total. The Morgan fingerprint density at radius 1 is 1.42 bits per heavy atom. The average Bonchev–Trinajstić information content (AvgIpc) is 2.84. The molecule has 0 atom stereocenters. The highest BCUT2D eigenvalue weighted by Crippen LogP contribution is 2.26. The number of benzene rings is 1. The lowest BCUT2D eigenvalue weighted by Crippen LogP contribution is -2.23. The van der Waals surface area contributed by atoms with E-state index in [1.54, 1.807) is 6.92 Å². The molecule has 19 heavy (non-hydrogen) atoms. The predicted molar refractivity (Wildman–Crippen MR) is 78.9 cm³/mol. The van der Waals surface area contributed by atoms with Crippen LogP contribution in [-0.2, 0) is 16.6 Å². The molecule has 0 saturated heterocycles. The molecule has 1 heterocycles. The molecule has 2 aromatic rings. The molecular weight excluding hydrogens is 304 g/mol. The zero-order chi connectivity index (χ0) is 14.0. The summed E-state index contributed by atoms with van der Waals surface area (Å²) in [6.45, 7) is 1.91. The molecule has 1 aromatic heterocycles. The van der Waals surface area contributed by atoms with Crippen molar-refractivity contribution in [2.75, 3.05) is 5.73 Å². The fraction of sp³-hybridized carbons (Fsp3) is 0.167. The predicted octanol–water partition coefficient (Wildman–Crippen LogP) is 2.77. The molecule has 2 rings (SSSR count). The lowest BCUT2D eigenvalue weighted by Gasteiger charge is -2.11. The van der Waals surface area contributed by atoms with E-state index in [2.05, 4.69) is 4.72 Å². The van der Waals surface area contributed by atoms with Gasteiger partial charge < -0.3 is 5.73 Å². The second kappa shape index (κ2) is 5.50. The van der Waals surface area contributed by atoms with Gasteiger partial charge in [-0.05, 0) is 36.1 Å². The Kier molecular flexibility index (Phi) is 4.15. The Morgan fingerprint density at radius 3 is 2.79 bits per heavy atom. The van der Waals surface area contributed by atoms with Gasteiger partial charge in [-0.2, -0.15) is 0 Å². The minimum absolute atomic E-state index is 0.119. The molecule has 0 radical (unpaired) electrons.